The van der Waals surface area contributed by atoms with Crippen LogP contribution in [-0.2, 0) is 0 Å². The van der Waals surface area contributed by atoms with Crippen molar-refractivity contribution in [2.45, 2.75) is 0 Å². The summed E-state index contributed by atoms with van der Waals surface area (Å²) in [5.41, 5.74) is 4.35. The Kier molecular flexibility index (Phi) is 2.77. The number of nitro groups is 1. The van der Waals surface area contributed by atoms with Gasteiger partial charge in [0.15, 0.2) is 0 Å². The Morgan fingerprint density at radius 3 is 2.50 bits per heavy atom. The summed E-state index contributed by atoms with van der Waals surface area (Å²) in [4.78, 5) is 45.9. The van der Waals surface area contributed by atoms with Crippen molar-refractivity contribution < 1.29 is 14.5 Å². The number of anilines is 1. The molecule has 9 nitrogen and oxygen atoms in total. The van der Waals surface area contributed by atoms with Crippen LogP contribution in [-0.4, -0.2) is 21.3 Å². The van der Waals surface area contributed by atoms with Crippen molar-refractivity contribution in [2.75, 3.05) is 5.73 Å². The number of hydrogen-bond acceptors (Lipinski definition) is 6. The molecule has 2 amide bonds. The van der Waals surface area contributed by atoms with Gasteiger partial charge in [0.25, 0.3) is 23.1 Å². The molecule has 0 fully saturated rings. The van der Waals surface area contributed by atoms with Gasteiger partial charge < -0.3 is 5.73 Å². The predicted octanol–water partition coefficient (Wildman–Crippen LogP) is 0.211. The average molecular weight is 300 g/mol. The number of rotatable bonds is 2. The van der Waals surface area contributed by atoms with Crippen LogP contribution in [0.5, 0.6) is 0 Å². The molecule has 22 heavy (non-hydrogen) atoms. The minimum Gasteiger partial charge on any atom is -0.384 e. The summed E-state index contributed by atoms with van der Waals surface area (Å²) in [6.45, 7) is 0. The number of hydrogen-bond donors (Lipinski definition) is 2. The molecule has 1 aliphatic rings. The number of para-hydroxylation sites is 2. The number of nitrogens with two attached hydrogens (primary N) is 1. The minimum atomic E-state index is -0.746. The number of nitrogen functional groups attached to an aromatic ring is 1. The van der Waals surface area contributed by atoms with E-state index in [1.54, 1.807) is 0 Å². The Bertz CT molecular complexity index is 915. The van der Waals surface area contributed by atoms with E-state index in [9.17, 15) is 24.5 Å². The molecule has 0 bridgehead atoms. The highest BCUT2D eigenvalue weighted by Crippen LogP contribution is 2.27. The molecule has 0 radical (unpaired) electrons. The first kappa shape index (κ1) is 13.5. The molecule has 0 atom stereocenters. The van der Waals surface area contributed by atoms with Crippen molar-refractivity contribution >= 4 is 23.3 Å². The van der Waals surface area contributed by atoms with Crippen LogP contribution in [0, 0.1) is 10.1 Å². The third kappa shape index (κ3) is 1.76. The topological polar surface area (TPSA) is 137 Å². The van der Waals surface area contributed by atoms with Gasteiger partial charge in [-0.25, -0.2) is 0 Å². The lowest BCUT2D eigenvalue weighted by atomic mass is 10.1. The highest BCUT2D eigenvalue weighted by atomic mass is 16.6. The van der Waals surface area contributed by atoms with E-state index in [0.29, 0.717) is 0 Å². The van der Waals surface area contributed by atoms with Crippen molar-refractivity contribution in [1.29, 1.82) is 0 Å². The van der Waals surface area contributed by atoms with E-state index < -0.39 is 22.3 Å². The summed E-state index contributed by atoms with van der Waals surface area (Å²) in [6.07, 6.45) is 0. The number of nitrogens with one attached hydrogen (secondary N) is 1. The third-order valence-corrected chi connectivity index (χ3v) is 3.27. The number of nitro benzene ring substituents is 1. The molecule has 1 aromatic heterocycles. The zero-order chi connectivity index (χ0) is 16.0. The van der Waals surface area contributed by atoms with Crippen LogP contribution in [0.4, 0.5) is 11.5 Å². The highest BCUT2D eigenvalue weighted by molar-refractivity contribution is 6.23. The number of imide groups is 1. The number of nitrogens with zero attached hydrogens (tertiary/aromatic N) is 2. The fraction of sp³-hybridized carbons (Fsp3) is 0. The fourth-order valence-corrected chi connectivity index (χ4v) is 2.34. The van der Waals surface area contributed by atoms with Crippen molar-refractivity contribution in [3.05, 3.63) is 61.9 Å². The summed E-state index contributed by atoms with van der Waals surface area (Å²) >= 11 is 0. The molecule has 2 aromatic rings. The first-order valence-electron chi connectivity index (χ1n) is 6.07. The lowest BCUT2D eigenvalue weighted by Gasteiger charge is -2.11. The molecule has 3 N–H and O–H groups in total. The summed E-state index contributed by atoms with van der Waals surface area (Å²) in [6, 6.07) is 6.40. The van der Waals surface area contributed by atoms with Gasteiger partial charge in [-0.3, -0.25) is 34.4 Å². The van der Waals surface area contributed by atoms with E-state index in [1.807, 2.05) is 5.32 Å². The van der Waals surface area contributed by atoms with Crippen LogP contribution >= 0.6 is 0 Å². The van der Waals surface area contributed by atoms with Gasteiger partial charge in [0, 0.05) is 12.1 Å². The maximum Gasteiger partial charge on any atom is 0.293 e. The molecule has 9 heteroatoms. The number of aromatic nitrogens is 1. The van der Waals surface area contributed by atoms with Crippen LogP contribution in [0.2, 0.25) is 0 Å². The maximum absolute atomic E-state index is 12.2. The zero-order valence-corrected chi connectivity index (χ0v) is 10.9. The number of benzene rings is 1. The largest absolute Gasteiger partial charge is 0.384 e. The van der Waals surface area contributed by atoms with Crippen molar-refractivity contribution in [1.82, 2.24) is 9.88 Å². The van der Waals surface area contributed by atoms with Crippen molar-refractivity contribution in [3.8, 4) is 5.69 Å². The van der Waals surface area contributed by atoms with E-state index >= 15 is 0 Å². The number of amides is 2. The molecular formula is C13H8N4O5. The Morgan fingerprint density at radius 1 is 1.14 bits per heavy atom. The van der Waals surface area contributed by atoms with Gasteiger partial charge >= 0.3 is 0 Å². The van der Waals surface area contributed by atoms with Gasteiger partial charge in [-0.05, 0) is 6.07 Å². The smallest absolute Gasteiger partial charge is 0.293 e. The van der Waals surface area contributed by atoms with Crippen molar-refractivity contribution in [2.24, 2.45) is 0 Å². The van der Waals surface area contributed by atoms with E-state index in [0.717, 1.165) is 10.6 Å². The van der Waals surface area contributed by atoms with Crippen LogP contribution in [0.3, 0.4) is 0 Å². The number of fused-ring (bicyclic) bond motifs is 1. The molecule has 0 saturated heterocycles. The number of carbonyl (C=O) groups is 2. The second kappa shape index (κ2) is 4.52. The molecule has 0 aliphatic carbocycles. The summed E-state index contributed by atoms with van der Waals surface area (Å²) in [7, 11) is 0. The molecule has 1 aliphatic heterocycles. The van der Waals surface area contributed by atoms with Crippen molar-refractivity contribution in [3.63, 3.8) is 0 Å². The predicted molar refractivity (Wildman–Crippen MR) is 74.9 cm³/mol. The summed E-state index contributed by atoms with van der Waals surface area (Å²) in [5, 5.41) is 13.1. The van der Waals surface area contributed by atoms with Crippen LogP contribution < -0.4 is 16.6 Å². The monoisotopic (exact) mass is 300 g/mol. The molecule has 2 heterocycles. The first-order valence-corrected chi connectivity index (χ1v) is 6.07. The SMILES string of the molecule is Nc1c2c(cc(=O)n1-c1ccccc1[N+](=O)[O-])C(=O)NC2=O. The van der Waals surface area contributed by atoms with Gasteiger partial charge in [0.1, 0.15) is 11.5 Å². The van der Waals surface area contributed by atoms with Gasteiger partial charge in [0.2, 0.25) is 0 Å². The molecule has 0 unspecified atom stereocenters. The van der Waals surface area contributed by atoms with Gasteiger partial charge in [-0.15, -0.1) is 0 Å². The third-order valence-electron chi connectivity index (χ3n) is 3.27. The van der Waals surface area contributed by atoms with Crippen LogP contribution in [0.15, 0.2) is 35.1 Å². The second-order valence-corrected chi connectivity index (χ2v) is 4.52. The fourth-order valence-electron chi connectivity index (χ4n) is 2.34. The van der Waals surface area contributed by atoms with Gasteiger partial charge in [-0.2, -0.15) is 0 Å². The molecule has 1 aromatic carbocycles. The molecule has 3 rings (SSSR count). The highest BCUT2D eigenvalue weighted by Gasteiger charge is 2.32. The maximum atomic E-state index is 12.2. The average Bonchev–Trinajstić information content (AvgIpc) is 2.74. The molecule has 110 valence electrons. The normalized spacial score (nSPS) is 12.9. The van der Waals surface area contributed by atoms with E-state index in [1.165, 1.54) is 24.3 Å². The molecule has 0 spiro atoms. The Morgan fingerprint density at radius 2 is 1.82 bits per heavy atom. The number of carbonyl (C=O) groups excluding carboxylic acids is 2. The minimum absolute atomic E-state index is 0.0788. The Hall–Kier alpha value is -3.49. The van der Waals surface area contributed by atoms with Gasteiger partial charge in [-0.1, -0.05) is 12.1 Å². The molecule has 0 saturated carbocycles. The Balaban J connectivity index is 2.38. The first-order chi connectivity index (χ1) is 10.4. The quantitative estimate of drug-likeness (QED) is 0.462. The standard InChI is InChI=1S/C13H8N4O5/c14-11-10-6(12(19)15-13(10)20)5-9(18)16(11)7-3-1-2-4-8(7)17(21)22/h1-5H,14H2,(H,15,19,20). The van der Waals surface area contributed by atoms with E-state index in [-0.39, 0.29) is 28.3 Å². The summed E-state index contributed by atoms with van der Waals surface area (Å²) < 4.78 is 0.842. The second-order valence-electron chi connectivity index (χ2n) is 4.52. The van der Waals surface area contributed by atoms with Crippen LogP contribution in [0.1, 0.15) is 20.7 Å². The van der Waals surface area contributed by atoms with E-state index in [4.69, 9.17) is 5.73 Å². The summed E-state index contributed by atoms with van der Waals surface area (Å²) in [5.74, 6) is -1.79. The molecular weight excluding hydrogens is 292 g/mol. The van der Waals surface area contributed by atoms with Crippen LogP contribution in [0.25, 0.3) is 5.69 Å². The Labute approximate surface area is 122 Å². The number of pyridine rings is 1. The lowest BCUT2D eigenvalue weighted by Crippen LogP contribution is -2.24. The zero-order valence-electron chi connectivity index (χ0n) is 10.9. The lowest BCUT2D eigenvalue weighted by molar-refractivity contribution is -0.384. The van der Waals surface area contributed by atoms with E-state index in [2.05, 4.69) is 0 Å². The van der Waals surface area contributed by atoms with Gasteiger partial charge in [0.05, 0.1) is 16.1 Å².